The maximum atomic E-state index is 6.09. The molecule has 102 valence electrons. The monoisotopic (exact) mass is 266 g/mol. The number of nitrogens with two attached hydrogens (primary N) is 1. The van der Waals surface area contributed by atoms with Crippen LogP contribution in [0.4, 0.5) is 5.69 Å². The highest BCUT2D eigenvalue weighted by molar-refractivity contribution is 5.93. The van der Waals surface area contributed by atoms with Crippen LogP contribution in [0.1, 0.15) is 23.9 Å². The van der Waals surface area contributed by atoms with Crippen molar-refractivity contribution in [3.63, 3.8) is 0 Å². The van der Waals surface area contributed by atoms with E-state index in [-0.39, 0.29) is 0 Å². The first-order valence-electron chi connectivity index (χ1n) is 6.84. The summed E-state index contributed by atoms with van der Waals surface area (Å²) in [4.78, 5) is 4.33. The van der Waals surface area contributed by atoms with Crippen LogP contribution in [0, 0.1) is 6.92 Å². The molecule has 3 rings (SSSR count). The normalized spacial score (nSPS) is 11.1. The van der Waals surface area contributed by atoms with Crippen molar-refractivity contribution in [3.8, 4) is 0 Å². The largest absolute Gasteiger partial charge is 0.398 e. The lowest BCUT2D eigenvalue weighted by atomic mass is 10.1. The fourth-order valence-corrected chi connectivity index (χ4v) is 2.47. The molecule has 0 atom stereocenters. The van der Waals surface area contributed by atoms with Crippen molar-refractivity contribution < 1.29 is 0 Å². The Balaban J connectivity index is 2.08. The van der Waals surface area contributed by atoms with Crippen LogP contribution in [0.5, 0.6) is 0 Å². The molecular formula is C16H18N4. The predicted octanol–water partition coefficient (Wildman–Crippen LogP) is 2.93. The Bertz CT molecular complexity index is 741. The molecule has 20 heavy (non-hydrogen) atoms. The van der Waals surface area contributed by atoms with Gasteiger partial charge in [0.05, 0.1) is 17.8 Å². The number of anilines is 1. The van der Waals surface area contributed by atoms with Crippen LogP contribution in [-0.2, 0) is 13.0 Å². The average Bonchev–Trinajstić information content (AvgIpc) is 2.81. The number of aryl methyl sites for hydroxylation is 2. The van der Waals surface area contributed by atoms with Crippen LogP contribution in [0.2, 0.25) is 0 Å². The van der Waals surface area contributed by atoms with Crippen LogP contribution in [0.3, 0.4) is 0 Å². The number of rotatable bonds is 3. The van der Waals surface area contributed by atoms with Gasteiger partial charge in [-0.25, -0.2) is 0 Å². The van der Waals surface area contributed by atoms with Crippen molar-refractivity contribution in [2.75, 3.05) is 5.73 Å². The molecule has 0 saturated carbocycles. The number of hydrogen-bond acceptors (Lipinski definition) is 3. The fourth-order valence-electron chi connectivity index (χ4n) is 2.47. The summed E-state index contributed by atoms with van der Waals surface area (Å²) in [5.41, 5.74) is 11.2. The molecule has 3 aromatic rings. The van der Waals surface area contributed by atoms with E-state index in [9.17, 15) is 0 Å². The van der Waals surface area contributed by atoms with Crippen molar-refractivity contribution in [2.24, 2.45) is 0 Å². The molecule has 0 spiro atoms. The number of hydrogen-bond donors (Lipinski definition) is 1. The van der Waals surface area contributed by atoms with Crippen molar-refractivity contribution >= 4 is 16.6 Å². The van der Waals surface area contributed by atoms with E-state index >= 15 is 0 Å². The van der Waals surface area contributed by atoms with Crippen LogP contribution < -0.4 is 5.73 Å². The standard InChI is InChI=1S/C16H18N4/c1-3-14-16-13(17)5-4-6-15(16)20(19-14)10-12-8-7-11(2)18-9-12/h4-9H,3,10,17H2,1-2H3. The minimum absolute atomic E-state index is 0.716. The SMILES string of the molecule is CCc1nn(Cc2ccc(C)nc2)c2cccc(N)c12. The second-order valence-electron chi connectivity index (χ2n) is 5.01. The molecule has 0 aliphatic rings. The molecule has 1 aromatic carbocycles. The summed E-state index contributed by atoms with van der Waals surface area (Å²) >= 11 is 0. The van der Waals surface area contributed by atoms with Crippen molar-refractivity contribution in [1.29, 1.82) is 0 Å². The third-order valence-corrected chi connectivity index (χ3v) is 3.52. The summed E-state index contributed by atoms with van der Waals surface area (Å²) in [6.07, 6.45) is 2.78. The number of fused-ring (bicyclic) bond motifs is 1. The second-order valence-corrected chi connectivity index (χ2v) is 5.01. The Morgan fingerprint density at radius 2 is 2.05 bits per heavy atom. The van der Waals surface area contributed by atoms with Gasteiger partial charge in [0.15, 0.2) is 0 Å². The van der Waals surface area contributed by atoms with Crippen LogP contribution in [-0.4, -0.2) is 14.8 Å². The second kappa shape index (κ2) is 4.96. The van der Waals surface area contributed by atoms with E-state index < -0.39 is 0 Å². The molecule has 4 nitrogen and oxygen atoms in total. The number of benzene rings is 1. The minimum atomic E-state index is 0.716. The van der Waals surface area contributed by atoms with Crippen LogP contribution in [0.25, 0.3) is 10.9 Å². The van der Waals surface area contributed by atoms with E-state index in [1.807, 2.05) is 36.0 Å². The Labute approximate surface area is 118 Å². The zero-order valence-electron chi connectivity index (χ0n) is 11.8. The third-order valence-electron chi connectivity index (χ3n) is 3.52. The van der Waals surface area contributed by atoms with Crippen molar-refractivity contribution in [1.82, 2.24) is 14.8 Å². The summed E-state index contributed by atoms with van der Waals surface area (Å²) in [5.74, 6) is 0. The van der Waals surface area contributed by atoms with E-state index in [2.05, 4.69) is 24.0 Å². The fraction of sp³-hybridized carbons (Fsp3) is 0.250. The molecule has 0 amide bonds. The highest BCUT2D eigenvalue weighted by atomic mass is 15.3. The van der Waals surface area contributed by atoms with Crippen LogP contribution in [0.15, 0.2) is 36.5 Å². The molecule has 2 aromatic heterocycles. The van der Waals surface area contributed by atoms with Crippen molar-refractivity contribution in [2.45, 2.75) is 26.8 Å². The number of nitrogen functional groups attached to an aromatic ring is 1. The van der Waals surface area contributed by atoms with Gasteiger partial charge in [-0.15, -0.1) is 0 Å². The highest BCUT2D eigenvalue weighted by Gasteiger charge is 2.11. The third kappa shape index (κ3) is 2.13. The molecule has 0 saturated heterocycles. The predicted molar refractivity (Wildman–Crippen MR) is 81.6 cm³/mol. The van der Waals surface area contributed by atoms with Gasteiger partial charge < -0.3 is 5.73 Å². The zero-order valence-corrected chi connectivity index (χ0v) is 11.8. The van der Waals surface area contributed by atoms with Gasteiger partial charge in [0, 0.05) is 23.0 Å². The minimum Gasteiger partial charge on any atom is -0.398 e. The lowest BCUT2D eigenvalue weighted by Crippen LogP contribution is -2.02. The Kier molecular flexibility index (Phi) is 3.14. The summed E-state index contributed by atoms with van der Waals surface area (Å²) < 4.78 is 2.01. The van der Waals surface area contributed by atoms with Crippen molar-refractivity contribution in [3.05, 3.63) is 53.5 Å². The maximum Gasteiger partial charge on any atom is 0.0721 e. The van der Waals surface area contributed by atoms with E-state index in [4.69, 9.17) is 10.8 Å². The van der Waals surface area contributed by atoms with E-state index in [0.717, 1.165) is 40.0 Å². The first-order chi connectivity index (χ1) is 9.69. The smallest absolute Gasteiger partial charge is 0.0721 e. The average molecular weight is 266 g/mol. The molecule has 4 heteroatoms. The topological polar surface area (TPSA) is 56.7 Å². The van der Waals surface area contributed by atoms with Gasteiger partial charge >= 0.3 is 0 Å². The first-order valence-corrected chi connectivity index (χ1v) is 6.84. The first kappa shape index (κ1) is 12.7. The van der Waals surface area contributed by atoms with Crippen LogP contribution >= 0.6 is 0 Å². The molecule has 0 aliphatic heterocycles. The lowest BCUT2D eigenvalue weighted by Gasteiger charge is -2.04. The number of aromatic nitrogens is 3. The zero-order chi connectivity index (χ0) is 14.1. The molecular weight excluding hydrogens is 248 g/mol. The molecule has 0 aliphatic carbocycles. The molecule has 0 bridgehead atoms. The summed E-state index contributed by atoms with van der Waals surface area (Å²) in [7, 11) is 0. The summed E-state index contributed by atoms with van der Waals surface area (Å²) in [5, 5.41) is 5.77. The van der Waals surface area contributed by atoms with Gasteiger partial charge in [-0.3, -0.25) is 9.67 Å². The van der Waals surface area contributed by atoms with Gasteiger partial charge in [0.2, 0.25) is 0 Å². The Morgan fingerprint density at radius 1 is 1.20 bits per heavy atom. The van der Waals surface area contributed by atoms with Gasteiger partial charge in [-0.1, -0.05) is 19.1 Å². The van der Waals surface area contributed by atoms with Gasteiger partial charge in [0.1, 0.15) is 0 Å². The molecule has 0 fully saturated rings. The van der Waals surface area contributed by atoms with Gasteiger partial charge in [-0.05, 0) is 37.1 Å². The Hall–Kier alpha value is -2.36. The lowest BCUT2D eigenvalue weighted by molar-refractivity contribution is 0.693. The quantitative estimate of drug-likeness (QED) is 0.741. The maximum absolute atomic E-state index is 6.09. The highest BCUT2D eigenvalue weighted by Crippen LogP contribution is 2.25. The number of nitrogens with zero attached hydrogens (tertiary/aromatic N) is 3. The van der Waals surface area contributed by atoms with Gasteiger partial charge in [-0.2, -0.15) is 5.10 Å². The summed E-state index contributed by atoms with van der Waals surface area (Å²) in [6.45, 7) is 4.81. The Morgan fingerprint density at radius 3 is 2.75 bits per heavy atom. The molecule has 2 heterocycles. The van der Waals surface area contributed by atoms with E-state index in [0.29, 0.717) is 6.54 Å². The molecule has 2 N–H and O–H groups in total. The number of pyridine rings is 1. The van der Waals surface area contributed by atoms with E-state index in [1.165, 1.54) is 0 Å². The molecule has 0 unspecified atom stereocenters. The summed E-state index contributed by atoms with van der Waals surface area (Å²) in [6, 6.07) is 10.1. The van der Waals surface area contributed by atoms with Gasteiger partial charge in [0.25, 0.3) is 0 Å². The van der Waals surface area contributed by atoms with E-state index in [1.54, 1.807) is 0 Å². The molecule has 0 radical (unpaired) electrons.